The summed E-state index contributed by atoms with van der Waals surface area (Å²) in [4.78, 5) is 9.00. The Labute approximate surface area is 158 Å². The lowest BCUT2D eigenvalue weighted by atomic mass is 10.3. The molecule has 3 aromatic rings. The highest BCUT2D eigenvalue weighted by Crippen LogP contribution is 2.29. The number of hydrogen-bond acceptors (Lipinski definition) is 5. The lowest BCUT2D eigenvalue weighted by Gasteiger charge is -2.15. The summed E-state index contributed by atoms with van der Waals surface area (Å²) in [6.45, 7) is 5.90. The molecule has 0 saturated carbocycles. The van der Waals surface area contributed by atoms with Gasteiger partial charge in [0.25, 0.3) is 0 Å². The molecule has 0 amide bonds. The molecule has 1 heterocycles. The van der Waals surface area contributed by atoms with E-state index in [0.717, 1.165) is 22.8 Å². The van der Waals surface area contributed by atoms with E-state index in [4.69, 9.17) is 16.3 Å². The first-order chi connectivity index (χ1) is 12.5. The van der Waals surface area contributed by atoms with Gasteiger partial charge in [0.05, 0.1) is 22.5 Å². The molecule has 0 saturated heterocycles. The Morgan fingerprint density at radius 3 is 2.35 bits per heavy atom. The first kappa shape index (κ1) is 18.0. The van der Waals surface area contributed by atoms with Crippen molar-refractivity contribution in [3.8, 4) is 5.75 Å². The first-order valence-electron chi connectivity index (χ1n) is 8.41. The van der Waals surface area contributed by atoms with Gasteiger partial charge in [0, 0.05) is 11.8 Å². The number of anilines is 4. The van der Waals surface area contributed by atoms with Crippen LogP contribution in [0.1, 0.15) is 19.5 Å². The summed E-state index contributed by atoms with van der Waals surface area (Å²) in [7, 11) is 0. The molecular formula is C20H21ClN4O. The van der Waals surface area contributed by atoms with Crippen LogP contribution < -0.4 is 15.4 Å². The number of nitrogens with one attached hydrogen (secondary N) is 2. The number of rotatable bonds is 6. The Morgan fingerprint density at radius 2 is 1.62 bits per heavy atom. The van der Waals surface area contributed by atoms with Crippen LogP contribution in [0.4, 0.5) is 23.1 Å². The van der Waals surface area contributed by atoms with Crippen molar-refractivity contribution in [3.05, 3.63) is 65.3 Å². The van der Waals surface area contributed by atoms with Crippen molar-refractivity contribution in [2.75, 3.05) is 10.6 Å². The summed E-state index contributed by atoms with van der Waals surface area (Å²) < 4.78 is 5.84. The molecule has 0 aliphatic heterocycles. The molecule has 6 heteroatoms. The number of aryl methyl sites for hydroxylation is 1. The van der Waals surface area contributed by atoms with Crippen LogP contribution in [0, 0.1) is 6.92 Å². The Morgan fingerprint density at radius 1 is 0.923 bits per heavy atom. The predicted molar refractivity (Wildman–Crippen MR) is 107 cm³/mol. The minimum absolute atomic E-state index is 0.0776. The van der Waals surface area contributed by atoms with E-state index in [-0.39, 0.29) is 6.10 Å². The van der Waals surface area contributed by atoms with Crippen LogP contribution in [0.3, 0.4) is 0 Å². The number of benzene rings is 2. The molecule has 5 nitrogen and oxygen atoms in total. The third-order valence-electron chi connectivity index (χ3n) is 3.49. The number of aromatic nitrogens is 2. The molecule has 0 unspecified atom stereocenters. The highest BCUT2D eigenvalue weighted by Gasteiger charge is 2.09. The first-order valence-corrected chi connectivity index (χ1v) is 8.79. The summed E-state index contributed by atoms with van der Waals surface area (Å²) in [6, 6.07) is 17.1. The predicted octanol–water partition coefficient (Wildman–Crippen LogP) is 5.71. The normalized spacial score (nSPS) is 10.7. The van der Waals surface area contributed by atoms with Gasteiger partial charge in [-0.2, -0.15) is 4.98 Å². The Balaban J connectivity index is 1.86. The van der Waals surface area contributed by atoms with Gasteiger partial charge in [-0.15, -0.1) is 0 Å². The summed E-state index contributed by atoms with van der Waals surface area (Å²) >= 11 is 6.21. The molecular weight excluding hydrogens is 348 g/mol. The average Bonchev–Trinajstić information content (AvgIpc) is 2.58. The molecule has 134 valence electrons. The van der Waals surface area contributed by atoms with Crippen LogP contribution in [0.5, 0.6) is 5.75 Å². The maximum absolute atomic E-state index is 6.21. The average molecular weight is 369 g/mol. The molecule has 0 spiro atoms. The number of halogens is 1. The van der Waals surface area contributed by atoms with Gasteiger partial charge in [0.1, 0.15) is 11.6 Å². The molecule has 0 aliphatic carbocycles. The molecule has 0 radical (unpaired) electrons. The van der Waals surface area contributed by atoms with Crippen molar-refractivity contribution in [2.24, 2.45) is 0 Å². The molecule has 3 rings (SSSR count). The highest BCUT2D eigenvalue weighted by molar-refractivity contribution is 6.33. The van der Waals surface area contributed by atoms with E-state index in [9.17, 15) is 0 Å². The second-order valence-corrected chi connectivity index (χ2v) is 6.52. The zero-order valence-corrected chi connectivity index (χ0v) is 15.7. The third kappa shape index (κ3) is 4.64. The zero-order valence-electron chi connectivity index (χ0n) is 15.0. The minimum atomic E-state index is 0.0776. The van der Waals surface area contributed by atoms with Crippen molar-refractivity contribution in [2.45, 2.75) is 26.9 Å². The number of para-hydroxylation sites is 3. The molecule has 0 bridgehead atoms. The summed E-state index contributed by atoms with van der Waals surface area (Å²) in [5.41, 5.74) is 2.44. The van der Waals surface area contributed by atoms with Crippen molar-refractivity contribution in [1.29, 1.82) is 0 Å². The van der Waals surface area contributed by atoms with Gasteiger partial charge in [0.15, 0.2) is 0 Å². The minimum Gasteiger partial charge on any atom is -0.489 e. The SMILES string of the molecule is Cc1cc(Nc2ccccc2Cl)nc(Nc2ccccc2OC(C)C)n1. The van der Waals surface area contributed by atoms with E-state index in [0.29, 0.717) is 16.8 Å². The number of hydrogen-bond donors (Lipinski definition) is 2. The summed E-state index contributed by atoms with van der Waals surface area (Å²) in [5, 5.41) is 7.10. The quantitative estimate of drug-likeness (QED) is 0.583. The van der Waals surface area contributed by atoms with Gasteiger partial charge in [-0.25, -0.2) is 4.98 Å². The van der Waals surface area contributed by atoms with Crippen LogP contribution >= 0.6 is 11.6 Å². The monoisotopic (exact) mass is 368 g/mol. The second kappa shape index (κ2) is 8.06. The van der Waals surface area contributed by atoms with Crippen LogP contribution in [0.2, 0.25) is 5.02 Å². The van der Waals surface area contributed by atoms with Crippen molar-refractivity contribution in [1.82, 2.24) is 9.97 Å². The van der Waals surface area contributed by atoms with E-state index in [1.54, 1.807) is 0 Å². The van der Waals surface area contributed by atoms with Crippen molar-refractivity contribution >= 4 is 34.7 Å². The fourth-order valence-corrected chi connectivity index (χ4v) is 2.62. The third-order valence-corrected chi connectivity index (χ3v) is 3.82. The molecule has 26 heavy (non-hydrogen) atoms. The second-order valence-electron chi connectivity index (χ2n) is 6.11. The maximum atomic E-state index is 6.21. The molecule has 0 fully saturated rings. The number of ether oxygens (including phenoxy) is 1. The maximum Gasteiger partial charge on any atom is 0.229 e. The van der Waals surface area contributed by atoms with Gasteiger partial charge in [-0.3, -0.25) is 0 Å². The van der Waals surface area contributed by atoms with Gasteiger partial charge in [-0.05, 0) is 45.0 Å². The van der Waals surface area contributed by atoms with E-state index in [2.05, 4.69) is 20.6 Å². The lowest BCUT2D eigenvalue weighted by molar-refractivity contribution is 0.244. The smallest absolute Gasteiger partial charge is 0.229 e. The van der Waals surface area contributed by atoms with Gasteiger partial charge >= 0.3 is 0 Å². The molecule has 0 aliphatic rings. The van der Waals surface area contributed by atoms with Crippen LogP contribution in [-0.4, -0.2) is 16.1 Å². The molecule has 2 aromatic carbocycles. The van der Waals surface area contributed by atoms with Gasteiger partial charge in [-0.1, -0.05) is 35.9 Å². The van der Waals surface area contributed by atoms with E-state index >= 15 is 0 Å². The zero-order chi connectivity index (χ0) is 18.5. The topological polar surface area (TPSA) is 59.1 Å². The van der Waals surface area contributed by atoms with Crippen LogP contribution in [-0.2, 0) is 0 Å². The van der Waals surface area contributed by atoms with E-state index < -0.39 is 0 Å². The van der Waals surface area contributed by atoms with Crippen molar-refractivity contribution in [3.63, 3.8) is 0 Å². The molecule has 0 atom stereocenters. The van der Waals surface area contributed by atoms with Gasteiger partial charge < -0.3 is 15.4 Å². The lowest BCUT2D eigenvalue weighted by Crippen LogP contribution is -2.08. The Kier molecular flexibility index (Phi) is 5.58. The Bertz CT molecular complexity index is 898. The van der Waals surface area contributed by atoms with Crippen molar-refractivity contribution < 1.29 is 4.74 Å². The Hall–Kier alpha value is -2.79. The largest absolute Gasteiger partial charge is 0.489 e. The molecule has 1 aromatic heterocycles. The van der Waals surface area contributed by atoms with E-state index in [1.807, 2.05) is 75.4 Å². The number of nitrogens with zero attached hydrogens (tertiary/aromatic N) is 2. The van der Waals surface area contributed by atoms with E-state index in [1.165, 1.54) is 0 Å². The van der Waals surface area contributed by atoms with Crippen LogP contribution in [0.25, 0.3) is 0 Å². The fourth-order valence-electron chi connectivity index (χ4n) is 2.44. The van der Waals surface area contributed by atoms with Crippen LogP contribution in [0.15, 0.2) is 54.6 Å². The molecule has 2 N–H and O–H groups in total. The highest BCUT2D eigenvalue weighted by atomic mass is 35.5. The summed E-state index contributed by atoms with van der Waals surface area (Å²) in [6.07, 6.45) is 0.0776. The summed E-state index contributed by atoms with van der Waals surface area (Å²) in [5.74, 6) is 1.91. The van der Waals surface area contributed by atoms with Gasteiger partial charge in [0.2, 0.25) is 5.95 Å². The fraction of sp³-hybridized carbons (Fsp3) is 0.200. The standard InChI is InChI=1S/C20H21ClN4O/c1-13(2)26-18-11-7-6-10-17(18)24-20-22-14(3)12-19(25-20)23-16-9-5-4-8-15(16)21/h4-13H,1-3H3,(H2,22,23,24,25).